The molecular formula is C16H19BrFNO. The third-order valence-corrected chi connectivity index (χ3v) is 5.06. The van der Waals surface area contributed by atoms with Gasteiger partial charge in [-0.05, 0) is 37.8 Å². The van der Waals surface area contributed by atoms with Crippen molar-refractivity contribution in [3.8, 4) is 0 Å². The summed E-state index contributed by atoms with van der Waals surface area (Å²) in [5.41, 5.74) is -0.0589. The highest BCUT2D eigenvalue weighted by molar-refractivity contribution is 9.10. The average Bonchev–Trinajstić information content (AvgIpc) is 3.21. The first-order valence-electron chi connectivity index (χ1n) is 7.38. The molecule has 0 saturated heterocycles. The zero-order chi connectivity index (χ0) is 14.2. The summed E-state index contributed by atoms with van der Waals surface area (Å²) in [7, 11) is 0. The van der Waals surface area contributed by atoms with Crippen LogP contribution in [0.4, 0.5) is 4.39 Å². The Hall–Kier alpha value is -0.900. The molecule has 0 radical (unpaired) electrons. The number of carbonyl (C=O) groups excluding carboxylic acids is 1. The Morgan fingerprint density at radius 1 is 1.25 bits per heavy atom. The van der Waals surface area contributed by atoms with Gasteiger partial charge < -0.3 is 5.32 Å². The summed E-state index contributed by atoms with van der Waals surface area (Å²) < 4.78 is 14.8. The fourth-order valence-electron chi connectivity index (χ4n) is 3.19. The van der Waals surface area contributed by atoms with E-state index in [2.05, 4.69) is 21.2 Å². The molecule has 2 saturated carbocycles. The van der Waals surface area contributed by atoms with Gasteiger partial charge >= 0.3 is 0 Å². The predicted octanol–water partition coefficient (Wildman–Crippen LogP) is 4.07. The van der Waals surface area contributed by atoms with Crippen molar-refractivity contribution < 1.29 is 9.18 Å². The van der Waals surface area contributed by atoms with Crippen LogP contribution in [0, 0.1) is 5.82 Å². The molecule has 2 aliphatic carbocycles. The third-order valence-electron chi connectivity index (χ3n) is 4.57. The maximum atomic E-state index is 14.1. The minimum Gasteiger partial charge on any atom is -0.353 e. The average molecular weight is 340 g/mol. The van der Waals surface area contributed by atoms with E-state index >= 15 is 0 Å². The first-order chi connectivity index (χ1) is 9.62. The van der Waals surface area contributed by atoms with Gasteiger partial charge in [0, 0.05) is 16.1 Å². The molecule has 0 aromatic heterocycles. The second kappa shape index (κ2) is 5.47. The van der Waals surface area contributed by atoms with Crippen LogP contribution in [0.1, 0.15) is 50.5 Å². The van der Waals surface area contributed by atoms with Crippen molar-refractivity contribution in [1.29, 1.82) is 0 Å². The van der Waals surface area contributed by atoms with Crippen molar-refractivity contribution in [2.45, 2.75) is 56.4 Å². The molecule has 0 atom stereocenters. The van der Waals surface area contributed by atoms with E-state index in [0.717, 1.165) is 25.7 Å². The van der Waals surface area contributed by atoms with Gasteiger partial charge in [-0.15, -0.1) is 0 Å². The van der Waals surface area contributed by atoms with E-state index in [1.165, 1.54) is 25.3 Å². The molecule has 2 nitrogen and oxygen atoms in total. The Labute approximate surface area is 127 Å². The molecule has 1 aromatic rings. The van der Waals surface area contributed by atoms with Crippen LogP contribution < -0.4 is 5.32 Å². The van der Waals surface area contributed by atoms with Crippen LogP contribution in [-0.2, 0) is 10.2 Å². The lowest BCUT2D eigenvalue weighted by Crippen LogP contribution is -2.42. The van der Waals surface area contributed by atoms with Crippen LogP contribution in [0.25, 0.3) is 0 Å². The Kier molecular flexibility index (Phi) is 3.85. The zero-order valence-corrected chi connectivity index (χ0v) is 13.0. The summed E-state index contributed by atoms with van der Waals surface area (Å²) in [6.45, 7) is 0. The molecule has 1 amide bonds. The van der Waals surface area contributed by atoms with E-state index < -0.39 is 5.41 Å². The molecule has 0 heterocycles. The number of benzene rings is 1. The van der Waals surface area contributed by atoms with Crippen molar-refractivity contribution in [2.75, 3.05) is 0 Å². The number of carbonyl (C=O) groups is 1. The second-order valence-corrected chi connectivity index (χ2v) is 6.93. The highest BCUT2D eigenvalue weighted by Gasteiger charge is 2.53. The van der Waals surface area contributed by atoms with E-state index in [9.17, 15) is 9.18 Å². The summed E-state index contributed by atoms with van der Waals surface area (Å²) >= 11 is 3.26. The van der Waals surface area contributed by atoms with Crippen molar-refractivity contribution in [3.05, 3.63) is 34.1 Å². The summed E-state index contributed by atoms with van der Waals surface area (Å²) in [4.78, 5) is 12.5. The molecule has 3 rings (SSSR count). The van der Waals surface area contributed by atoms with Gasteiger partial charge in [-0.1, -0.05) is 41.3 Å². The molecule has 1 aromatic carbocycles. The Morgan fingerprint density at radius 3 is 2.55 bits per heavy atom. The van der Waals surface area contributed by atoms with Crippen molar-refractivity contribution in [1.82, 2.24) is 5.32 Å². The van der Waals surface area contributed by atoms with Gasteiger partial charge in [0.15, 0.2) is 0 Å². The third kappa shape index (κ3) is 2.62. The number of halogens is 2. The van der Waals surface area contributed by atoms with Crippen LogP contribution in [0.3, 0.4) is 0 Å². The molecule has 1 N–H and O–H groups in total. The van der Waals surface area contributed by atoms with Crippen LogP contribution in [-0.4, -0.2) is 11.9 Å². The first-order valence-corrected chi connectivity index (χ1v) is 8.18. The number of hydrogen-bond acceptors (Lipinski definition) is 1. The highest BCUT2D eigenvalue weighted by atomic mass is 79.9. The number of hydrogen-bond donors (Lipinski definition) is 1. The molecule has 2 fully saturated rings. The summed E-state index contributed by atoms with van der Waals surface area (Å²) in [6.07, 6.45) is 7.26. The van der Waals surface area contributed by atoms with E-state index in [4.69, 9.17) is 0 Å². The lowest BCUT2D eigenvalue weighted by atomic mass is 9.91. The monoisotopic (exact) mass is 339 g/mol. The van der Waals surface area contributed by atoms with Crippen molar-refractivity contribution in [3.63, 3.8) is 0 Å². The van der Waals surface area contributed by atoms with Gasteiger partial charge in [0.25, 0.3) is 0 Å². The Bertz CT molecular complexity index is 521. The van der Waals surface area contributed by atoms with Gasteiger partial charge in [-0.2, -0.15) is 0 Å². The largest absolute Gasteiger partial charge is 0.353 e. The van der Waals surface area contributed by atoms with E-state index in [-0.39, 0.29) is 17.8 Å². The SMILES string of the molecule is O=C(NC1CCCCC1)C1(c2ccc(Br)cc2F)CC1. The van der Waals surface area contributed by atoms with Crippen LogP contribution in [0.2, 0.25) is 0 Å². The molecule has 0 unspecified atom stereocenters. The summed E-state index contributed by atoms with van der Waals surface area (Å²) in [5, 5.41) is 3.14. The Balaban J connectivity index is 1.76. The van der Waals surface area contributed by atoms with Crippen molar-refractivity contribution in [2.24, 2.45) is 0 Å². The molecule has 108 valence electrons. The smallest absolute Gasteiger partial charge is 0.230 e. The fourth-order valence-corrected chi connectivity index (χ4v) is 3.52. The molecule has 2 aliphatic rings. The lowest BCUT2D eigenvalue weighted by Gasteiger charge is -2.26. The highest BCUT2D eigenvalue weighted by Crippen LogP contribution is 2.49. The van der Waals surface area contributed by atoms with E-state index in [1.54, 1.807) is 6.07 Å². The fraction of sp³-hybridized carbons (Fsp3) is 0.562. The quantitative estimate of drug-likeness (QED) is 0.883. The minimum absolute atomic E-state index is 0.0191. The molecule has 4 heteroatoms. The molecular weight excluding hydrogens is 321 g/mol. The summed E-state index contributed by atoms with van der Waals surface area (Å²) in [5.74, 6) is -0.263. The van der Waals surface area contributed by atoms with Gasteiger partial charge in [0.2, 0.25) is 5.91 Å². The topological polar surface area (TPSA) is 29.1 Å². The zero-order valence-electron chi connectivity index (χ0n) is 11.4. The maximum absolute atomic E-state index is 14.1. The maximum Gasteiger partial charge on any atom is 0.230 e. The van der Waals surface area contributed by atoms with Gasteiger partial charge in [0.1, 0.15) is 5.82 Å². The van der Waals surface area contributed by atoms with Crippen LogP contribution in [0.5, 0.6) is 0 Å². The number of nitrogens with one attached hydrogen (secondary N) is 1. The normalized spacial score (nSPS) is 21.5. The molecule has 0 spiro atoms. The first kappa shape index (κ1) is 14.1. The van der Waals surface area contributed by atoms with E-state index in [1.807, 2.05) is 6.07 Å². The van der Waals surface area contributed by atoms with Gasteiger partial charge in [-0.25, -0.2) is 4.39 Å². The number of amides is 1. The van der Waals surface area contributed by atoms with Crippen LogP contribution in [0.15, 0.2) is 22.7 Å². The lowest BCUT2D eigenvalue weighted by molar-refractivity contribution is -0.124. The van der Waals surface area contributed by atoms with Gasteiger partial charge in [-0.3, -0.25) is 4.79 Å². The van der Waals surface area contributed by atoms with Gasteiger partial charge in [0.05, 0.1) is 5.41 Å². The molecule has 0 aliphatic heterocycles. The second-order valence-electron chi connectivity index (χ2n) is 6.01. The standard InChI is InChI=1S/C16H19BrFNO/c17-11-6-7-13(14(18)10-11)16(8-9-16)15(20)19-12-4-2-1-3-5-12/h6-7,10,12H,1-5,8-9H2,(H,19,20). The van der Waals surface area contributed by atoms with Crippen LogP contribution >= 0.6 is 15.9 Å². The molecule has 0 bridgehead atoms. The minimum atomic E-state index is -0.609. The summed E-state index contributed by atoms with van der Waals surface area (Å²) in [6, 6.07) is 5.29. The van der Waals surface area contributed by atoms with Crippen molar-refractivity contribution >= 4 is 21.8 Å². The van der Waals surface area contributed by atoms with E-state index in [0.29, 0.717) is 10.0 Å². The predicted molar refractivity (Wildman–Crippen MR) is 80.0 cm³/mol. The molecule has 20 heavy (non-hydrogen) atoms. The Morgan fingerprint density at radius 2 is 1.95 bits per heavy atom. The number of rotatable bonds is 3.